The van der Waals surface area contributed by atoms with Crippen molar-refractivity contribution in [1.29, 1.82) is 0 Å². The number of fused-ring (bicyclic) bond motifs is 3. The van der Waals surface area contributed by atoms with E-state index < -0.39 is 6.17 Å². The molecule has 0 fully saturated rings. The van der Waals surface area contributed by atoms with Crippen LogP contribution in [-0.2, 0) is 0 Å². The standard InChI is InChI=1S/C17H13FN4O/c1-10-17(23)20-16-13-7-2-3-8-14(13)19-15(22(16)21-10)11-5-4-6-12(18)9-11/h2-9,15,19H,1H3. The minimum absolute atomic E-state index is 0.302. The molecule has 1 atom stereocenters. The van der Waals surface area contributed by atoms with Crippen molar-refractivity contribution in [3.8, 4) is 11.4 Å². The summed E-state index contributed by atoms with van der Waals surface area (Å²) < 4.78 is 15.2. The summed E-state index contributed by atoms with van der Waals surface area (Å²) in [5, 5.41) is 7.69. The summed E-state index contributed by atoms with van der Waals surface area (Å²) in [6.45, 7) is 1.62. The van der Waals surface area contributed by atoms with Gasteiger partial charge in [0.15, 0.2) is 5.82 Å². The van der Waals surface area contributed by atoms with Gasteiger partial charge < -0.3 is 5.32 Å². The number of rotatable bonds is 1. The molecular formula is C17H13FN4O. The fourth-order valence-corrected chi connectivity index (χ4v) is 2.76. The average Bonchev–Trinajstić information content (AvgIpc) is 2.55. The molecular weight excluding hydrogens is 295 g/mol. The third-order valence-corrected chi connectivity index (χ3v) is 3.86. The van der Waals surface area contributed by atoms with Crippen molar-refractivity contribution in [1.82, 2.24) is 14.8 Å². The Morgan fingerprint density at radius 1 is 1.17 bits per heavy atom. The van der Waals surface area contributed by atoms with Crippen LogP contribution in [0.15, 0.2) is 53.3 Å². The highest BCUT2D eigenvalue weighted by Gasteiger charge is 2.27. The highest BCUT2D eigenvalue weighted by molar-refractivity contribution is 5.76. The van der Waals surface area contributed by atoms with Gasteiger partial charge in [0.1, 0.15) is 17.7 Å². The molecule has 0 saturated heterocycles. The summed E-state index contributed by atoms with van der Waals surface area (Å²) in [7, 11) is 0. The van der Waals surface area contributed by atoms with E-state index in [9.17, 15) is 9.18 Å². The van der Waals surface area contributed by atoms with Crippen LogP contribution in [-0.4, -0.2) is 14.8 Å². The third-order valence-electron chi connectivity index (χ3n) is 3.86. The molecule has 1 N–H and O–H groups in total. The zero-order valence-corrected chi connectivity index (χ0v) is 12.3. The number of aromatic nitrogens is 3. The van der Waals surface area contributed by atoms with Gasteiger partial charge in [-0.3, -0.25) is 4.79 Å². The van der Waals surface area contributed by atoms with Crippen LogP contribution in [0.2, 0.25) is 0 Å². The van der Waals surface area contributed by atoms with Crippen LogP contribution < -0.4 is 10.9 Å². The van der Waals surface area contributed by atoms with Crippen LogP contribution in [0.4, 0.5) is 10.1 Å². The first-order valence-electron chi connectivity index (χ1n) is 7.22. The molecule has 1 unspecified atom stereocenters. The van der Waals surface area contributed by atoms with Crippen molar-refractivity contribution in [3.05, 3.63) is 76.0 Å². The van der Waals surface area contributed by atoms with E-state index in [1.165, 1.54) is 12.1 Å². The first-order valence-corrected chi connectivity index (χ1v) is 7.22. The van der Waals surface area contributed by atoms with Gasteiger partial charge in [-0.25, -0.2) is 9.07 Å². The van der Waals surface area contributed by atoms with Crippen molar-refractivity contribution in [3.63, 3.8) is 0 Å². The normalized spacial score (nSPS) is 15.5. The average molecular weight is 308 g/mol. The largest absolute Gasteiger partial charge is 0.359 e. The Balaban J connectivity index is 1.99. The Hall–Kier alpha value is -3.02. The van der Waals surface area contributed by atoms with Crippen molar-refractivity contribution < 1.29 is 4.39 Å². The van der Waals surface area contributed by atoms with Gasteiger partial charge in [-0.1, -0.05) is 24.3 Å². The molecule has 1 aliphatic rings. The Labute approximate surface area is 131 Å². The van der Waals surface area contributed by atoms with Crippen LogP contribution in [0.5, 0.6) is 0 Å². The smallest absolute Gasteiger partial charge is 0.294 e. The van der Waals surface area contributed by atoms with Crippen LogP contribution in [0.3, 0.4) is 0 Å². The minimum Gasteiger partial charge on any atom is -0.359 e. The fraction of sp³-hybridized carbons (Fsp3) is 0.118. The Bertz CT molecular complexity index is 967. The molecule has 114 valence electrons. The molecule has 0 saturated carbocycles. The third kappa shape index (κ3) is 2.19. The molecule has 0 spiro atoms. The van der Waals surface area contributed by atoms with Gasteiger partial charge in [-0.05, 0) is 36.8 Å². The maximum absolute atomic E-state index is 13.6. The Morgan fingerprint density at radius 2 is 2.00 bits per heavy atom. The number of aryl methyl sites for hydroxylation is 1. The molecule has 23 heavy (non-hydrogen) atoms. The zero-order valence-electron chi connectivity index (χ0n) is 12.3. The molecule has 1 aliphatic heterocycles. The maximum Gasteiger partial charge on any atom is 0.294 e. The second kappa shape index (κ2) is 5.01. The van der Waals surface area contributed by atoms with Gasteiger partial charge in [0.05, 0.1) is 0 Å². The Morgan fingerprint density at radius 3 is 2.83 bits per heavy atom. The van der Waals surface area contributed by atoms with Crippen molar-refractivity contribution in [2.24, 2.45) is 0 Å². The summed E-state index contributed by atoms with van der Waals surface area (Å²) in [6.07, 6.45) is -0.428. The van der Waals surface area contributed by atoms with Crippen molar-refractivity contribution in [2.45, 2.75) is 13.1 Å². The molecule has 2 aromatic carbocycles. The van der Waals surface area contributed by atoms with Crippen molar-refractivity contribution >= 4 is 5.69 Å². The number of benzene rings is 2. The van der Waals surface area contributed by atoms with E-state index in [-0.39, 0.29) is 11.4 Å². The van der Waals surface area contributed by atoms with Crippen LogP contribution in [0.1, 0.15) is 17.4 Å². The predicted molar refractivity (Wildman–Crippen MR) is 84.6 cm³/mol. The zero-order chi connectivity index (χ0) is 16.0. The van der Waals surface area contributed by atoms with Crippen molar-refractivity contribution in [2.75, 3.05) is 5.32 Å². The molecule has 4 rings (SSSR count). The second-order valence-electron chi connectivity index (χ2n) is 5.42. The van der Waals surface area contributed by atoms with E-state index in [1.807, 2.05) is 30.3 Å². The lowest BCUT2D eigenvalue weighted by molar-refractivity contribution is 0.534. The minimum atomic E-state index is -0.428. The topological polar surface area (TPSA) is 59.8 Å². The molecule has 0 radical (unpaired) electrons. The lowest BCUT2D eigenvalue weighted by Crippen LogP contribution is -2.32. The van der Waals surface area contributed by atoms with E-state index in [0.717, 1.165) is 11.3 Å². The van der Waals surface area contributed by atoms with Gasteiger partial charge in [0.2, 0.25) is 0 Å². The summed E-state index contributed by atoms with van der Waals surface area (Å²) in [5.41, 5.74) is 2.28. The molecule has 0 amide bonds. The molecule has 2 heterocycles. The van der Waals surface area contributed by atoms with E-state index in [0.29, 0.717) is 17.1 Å². The molecule has 3 aromatic rings. The molecule has 0 aliphatic carbocycles. The number of anilines is 1. The van der Waals surface area contributed by atoms with Crippen LogP contribution in [0.25, 0.3) is 11.4 Å². The summed E-state index contributed by atoms with van der Waals surface area (Å²) in [5.74, 6) is 0.152. The van der Waals surface area contributed by atoms with Gasteiger partial charge in [0.25, 0.3) is 5.56 Å². The van der Waals surface area contributed by atoms with E-state index >= 15 is 0 Å². The number of hydrogen-bond acceptors (Lipinski definition) is 4. The van der Waals surface area contributed by atoms with Gasteiger partial charge in [-0.15, -0.1) is 0 Å². The van der Waals surface area contributed by atoms with E-state index in [4.69, 9.17) is 0 Å². The summed E-state index contributed by atoms with van der Waals surface area (Å²) in [4.78, 5) is 16.1. The van der Waals surface area contributed by atoms with Gasteiger partial charge in [0, 0.05) is 11.3 Å². The first kappa shape index (κ1) is 13.6. The number of hydrogen-bond donors (Lipinski definition) is 1. The lowest BCUT2D eigenvalue weighted by atomic mass is 10.1. The lowest BCUT2D eigenvalue weighted by Gasteiger charge is -2.30. The number of para-hydroxylation sites is 1. The highest BCUT2D eigenvalue weighted by Crippen LogP contribution is 2.35. The van der Waals surface area contributed by atoms with Crippen LogP contribution >= 0.6 is 0 Å². The second-order valence-corrected chi connectivity index (χ2v) is 5.42. The van der Waals surface area contributed by atoms with Gasteiger partial charge >= 0.3 is 0 Å². The maximum atomic E-state index is 13.6. The first-order chi connectivity index (χ1) is 11.1. The monoisotopic (exact) mass is 308 g/mol. The summed E-state index contributed by atoms with van der Waals surface area (Å²) in [6, 6.07) is 13.8. The predicted octanol–water partition coefficient (Wildman–Crippen LogP) is 2.73. The molecule has 6 heteroatoms. The quantitative estimate of drug-likeness (QED) is 0.751. The molecule has 0 bridgehead atoms. The SMILES string of the molecule is Cc1nn2c(nc1=O)-c1ccccc1NC2c1cccc(F)c1. The number of halogens is 1. The van der Waals surface area contributed by atoms with E-state index in [2.05, 4.69) is 15.4 Å². The molecule has 1 aromatic heterocycles. The number of nitrogens with one attached hydrogen (secondary N) is 1. The summed E-state index contributed by atoms with van der Waals surface area (Å²) >= 11 is 0. The fourth-order valence-electron chi connectivity index (χ4n) is 2.76. The molecule has 5 nitrogen and oxygen atoms in total. The highest BCUT2D eigenvalue weighted by atomic mass is 19.1. The Kier molecular flexibility index (Phi) is 2.97. The van der Waals surface area contributed by atoms with Gasteiger partial charge in [-0.2, -0.15) is 10.1 Å². The van der Waals surface area contributed by atoms with E-state index in [1.54, 1.807) is 17.7 Å². The number of nitrogens with zero attached hydrogens (tertiary/aromatic N) is 3. The van der Waals surface area contributed by atoms with Crippen LogP contribution in [0, 0.1) is 12.7 Å².